The van der Waals surface area contributed by atoms with E-state index in [0.717, 1.165) is 0 Å². The lowest BCUT2D eigenvalue weighted by Gasteiger charge is -2.26. The Labute approximate surface area is 168 Å². The minimum absolute atomic E-state index is 0.0691. The Balaban J connectivity index is 2.26. The van der Waals surface area contributed by atoms with Gasteiger partial charge in [-0.2, -0.15) is 0 Å². The fraction of sp³-hybridized carbons (Fsp3) is 0.450. The van der Waals surface area contributed by atoms with Crippen LogP contribution in [0.1, 0.15) is 39.2 Å². The van der Waals surface area contributed by atoms with E-state index in [2.05, 4.69) is 20.0 Å². The number of hydrogen-bond donors (Lipinski definition) is 2. The van der Waals surface area contributed by atoms with Gasteiger partial charge in [0.1, 0.15) is 12.4 Å². The summed E-state index contributed by atoms with van der Waals surface area (Å²) in [6.07, 6.45) is 0.0903. The van der Waals surface area contributed by atoms with Crippen molar-refractivity contribution in [3.8, 4) is 17.0 Å². The van der Waals surface area contributed by atoms with Crippen molar-refractivity contribution in [2.24, 2.45) is 11.7 Å². The second-order valence-corrected chi connectivity index (χ2v) is 7.51. The number of rotatable bonds is 8. The molecule has 7 nitrogen and oxygen atoms in total. The highest BCUT2D eigenvalue weighted by atomic mass is 19.3. The molecule has 0 spiro atoms. The summed E-state index contributed by atoms with van der Waals surface area (Å²) in [4.78, 5) is 19.4. The normalized spacial score (nSPS) is 13.3. The molecule has 0 aliphatic carbocycles. The number of anilines is 1. The molecule has 2 aromatic rings. The standard InChI is InChI=1S/C20H26F2N4O3/c1-12(2)9-20(3,23)11-29-18-15(17(21)22)7-14(10-25-18)13-5-6-24-16(8-13)26-19(27)28-4/h5-8,10,12,17H,9,11,23H2,1-4H3,(H,24,26,27). The van der Waals surface area contributed by atoms with Crippen molar-refractivity contribution in [1.82, 2.24) is 9.97 Å². The molecule has 2 rings (SSSR count). The van der Waals surface area contributed by atoms with E-state index >= 15 is 0 Å². The SMILES string of the molecule is COC(=O)Nc1cc(-c2cnc(OCC(C)(N)CC(C)C)c(C(F)F)c2)ccn1. The molecule has 0 aliphatic rings. The number of nitrogens with two attached hydrogens (primary N) is 1. The quantitative estimate of drug-likeness (QED) is 0.672. The van der Waals surface area contributed by atoms with E-state index in [0.29, 0.717) is 23.5 Å². The molecule has 158 valence electrons. The molecule has 0 saturated heterocycles. The molecule has 3 N–H and O–H groups in total. The molecule has 0 aliphatic heterocycles. The molecule has 1 atom stereocenters. The van der Waals surface area contributed by atoms with Gasteiger partial charge in [0.25, 0.3) is 6.43 Å². The number of halogens is 2. The van der Waals surface area contributed by atoms with E-state index in [1.807, 2.05) is 20.8 Å². The third kappa shape index (κ3) is 6.63. The molecule has 1 unspecified atom stereocenters. The third-order valence-corrected chi connectivity index (χ3v) is 4.04. The zero-order valence-corrected chi connectivity index (χ0v) is 16.9. The molecule has 0 aromatic carbocycles. The Morgan fingerprint density at radius 2 is 2.00 bits per heavy atom. The minimum atomic E-state index is -2.78. The lowest BCUT2D eigenvalue weighted by atomic mass is 9.93. The number of amides is 1. The van der Waals surface area contributed by atoms with E-state index in [4.69, 9.17) is 10.5 Å². The molecule has 0 saturated carbocycles. The van der Waals surface area contributed by atoms with Gasteiger partial charge in [0.2, 0.25) is 5.88 Å². The summed E-state index contributed by atoms with van der Waals surface area (Å²) >= 11 is 0. The van der Waals surface area contributed by atoms with E-state index in [-0.39, 0.29) is 23.9 Å². The van der Waals surface area contributed by atoms with Crippen LogP contribution in [0.25, 0.3) is 11.1 Å². The van der Waals surface area contributed by atoms with E-state index in [9.17, 15) is 13.6 Å². The number of carbonyl (C=O) groups is 1. The molecule has 0 fully saturated rings. The second kappa shape index (κ2) is 9.60. The van der Waals surface area contributed by atoms with Gasteiger partial charge in [-0.15, -0.1) is 0 Å². The molecule has 9 heteroatoms. The van der Waals surface area contributed by atoms with Gasteiger partial charge in [0.05, 0.1) is 12.7 Å². The molecule has 2 aromatic heterocycles. The third-order valence-electron chi connectivity index (χ3n) is 4.04. The summed E-state index contributed by atoms with van der Waals surface area (Å²) in [5.74, 6) is 0.421. The van der Waals surface area contributed by atoms with Crippen LogP contribution >= 0.6 is 0 Å². The minimum Gasteiger partial charge on any atom is -0.475 e. The van der Waals surface area contributed by atoms with Crippen molar-refractivity contribution in [2.75, 3.05) is 19.0 Å². The first-order valence-corrected chi connectivity index (χ1v) is 9.12. The zero-order valence-electron chi connectivity index (χ0n) is 16.9. The zero-order chi connectivity index (χ0) is 21.6. The van der Waals surface area contributed by atoms with Crippen LogP contribution in [-0.4, -0.2) is 35.3 Å². The molecule has 0 radical (unpaired) electrons. The maximum Gasteiger partial charge on any atom is 0.412 e. The monoisotopic (exact) mass is 408 g/mol. The lowest BCUT2D eigenvalue weighted by molar-refractivity contribution is 0.137. The van der Waals surface area contributed by atoms with Crippen LogP contribution in [0, 0.1) is 5.92 Å². The van der Waals surface area contributed by atoms with Crippen molar-refractivity contribution < 1.29 is 23.0 Å². The van der Waals surface area contributed by atoms with Gasteiger partial charge in [0.15, 0.2) is 0 Å². The maximum atomic E-state index is 13.6. The maximum absolute atomic E-state index is 13.6. The number of hydrogen-bond acceptors (Lipinski definition) is 6. The van der Waals surface area contributed by atoms with Gasteiger partial charge >= 0.3 is 6.09 Å². The number of pyridine rings is 2. The number of ether oxygens (including phenoxy) is 2. The second-order valence-electron chi connectivity index (χ2n) is 7.51. The van der Waals surface area contributed by atoms with Crippen LogP contribution in [0.2, 0.25) is 0 Å². The molecule has 29 heavy (non-hydrogen) atoms. The number of alkyl halides is 2. The highest BCUT2D eigenvalue weighted by Gasteiger charge is 2.24. The number of nitrogens with one attached hydrogen (secondary N) is 1. The van der Waals surface area contributed by atoms with Crippen LogP contribution < -0.4 is 15.8 Å². The Kier molecular flexibility index (Phi) is 7.44. The first kappa shape index (κ1) is 22.5. The van der Waals surface area contributed by atoms with Gasteiger partial charge in [-0.1, -0.05) is 13.8 Å². The van der Waals surface area contributed by atoms with Gasteiger partial charge in [-0.05, 0) is 43.0 Å². The summed E-state index contributed by atoms with van der Waals surface area (Å²) in [7, 11) is 1.23. The number of methoxy groups -OCH3 is 1. The molecule has 2 heterocycles. The fourth-order valence-corrected chi connectivity index (χ4v) is 2.96. The van der Waals surface area contributed by atoms with Crippen LogP contribution in [0.5, 0.6) is 5.88 Å². The van der Waals surface area contributed by atoms with Crippen molar-refractivity contribution in [3.63, 3.8) is 0 Å². The molecular weight excluding hydrogens is 382 g/mol. The van der Waals surface area contributed by atoms with E-state index in [1.165, 1.54) is 31.6 Å². The van der Waals surface area contributed by atoms with Crippen LogP contribution in [0.15, 0.2) is 30.6 Å². The summed E-state index contributed by atoms with van der Waals surface area (Å²) in [6, 6.07) is 4.46. The smallest absolute Gasteiger partial charge is 0.412 e. The molecular formula is C20H26F2N4O3. The summed E-state index contributed by atoms with van der Waals surface area (Å²) in [5, 5.41) is 2.42. The van der Waals surface area contributed by atoms with Crippen molar-refractivity contribution in [1.29, 1.82) is 0 Å². The highest BCUT2D eigenvalue weighted by molar-refractivity contribution is 5.84. The Bertz CT molecular complexity index is 844. The summed E-state index contributed by atoms with van der Waals surface area (Å²) < 4.78 is 37.3. The van der Waals surface area contributed by atoms with Crippen molar-refractivity contribution in [2.45, 2.75) is 39.2 Å². The van der Waals surface area contributed by atoms with Crippen LogP contribution in [0.4, 0.5) is 19.4 Å². The fourth-order valence-electron chi connectivity index (χ4n) is 2.96. The lowest BCUT2D eigenvalue weighted by Crippen LogP contribution is -2.43. The Morgan fingerprint density at radius 1 is 1.28 bits per heavy atom. The predicted octanol–water partition coefficient (Wildman–Crippen LogP) is 4.40. The van der Waals surface area contributed by atoms with Crippen LogP contribution in [-0.2, 0) is 4.74 Å². The van der Waals surface area contributed by atoms with Crippen molar-refractivity contribution in [3.05, 3.63) is 36.2 Å². The van der Waals surface area contributed by atoms with Crippen molar-refractivity contribution >= 4 is 11.9 Å². The van der Waals surface area contributed by atoms with Gasteiger partial charge in [-0.25, -0.2) is 23.5 Å². The van der Waals surface area contributed by atoms with E-state index < -0.39 is 18.1 Å². The first-order chi connectivity index (χ1) is 13.6. The summed E-state index contributed by atoms with van der Waals surface area (Å²) in [6.45, 7) is 5.94. The number of aromatic nitrogens is 2. The Morgan fingerprint density at radius 3 is 2.62 bits per heavy atom. The van der Waals surface area contributed by atoms with Crippen LogP contribution in [0.3, 0.4) is 0 Å². The predicted molar refractivity (Wildman–Crippen MR) is 106 cm³/mol. The average Bonchev–Trinajstić information content (AvgIpc) is 2.65. The largest absolute Gasteiger partial charge is 0.475 e. The number of carbonyl (C=O) groups excluding carboxylic acids is 1. The topological polar surface area (TPSA) is 99.4 Å². The first-order valence-electron chi connectivity index (χ1n) is 9.12. The molecule has 1 amide bonds. The highest BCUT2D eigenvalue weighted by Crippen LogP contribution is 2.32. The van der Waals surface area contributed by atoms with Gasteiger partial charge in [-0.3, -0.25) is 5.32 Å². The molecule has 0 bridgehead atoms. The number of nitrogens with zero attached hydrogens (tertiary/aromatic N) is 2. The summed E-state index contributed by atoms with van der Waals surface area (Å²) in [5.41, 5.74) is 6.18. The van der Waals surface area contributed by atoms with E-state index in [1.54, 1.807) is 6.07 Å². The van der Waals surface area contributed by atoms with Gasteiger partial charge < -0.3 is 15.2 Å². The Hall–Kier alpha value is -2.81. The van der Waals surface area contributed by atoms with Gasteiger partial charge in [0, 0.05) is 23.5 Å². The average molecular weight is 408 g/mol.